The molecule has 2 heterocycles. The van der Waals surface area contributed by atoms with Crippen molar-refractivity contribution in [3.63, 3.8) is 0 Å². The maximum Gasteiger partial charge on any atom is 0.339 e. The SMILES string of the molecule is O=C(O[C@@H](C(=O)Nc1cccc(S(=O)(=O)N2CCOCC2)c1)c1ccccc1)c1ccc(S(=O)(=O)N2CCCC2)cc1. The third-order valence-corrected chi connectivity index (χ3v) is 10.9. The molecule has 3 aromatic carbocycles. The molecule has 0 saturated carbocycles. The molecule has 11 nitrogen and oxygen atoms in total. The van der Waals surface area contributed by atoms with Crippen molar-refractivity contribution >= 4 is 37.6 Å². The molecule has 13 heteroatoms. The molecule has 0 unspecified atom stereocenters. The molecule has 0 aromatic heterocycles. The van der Waals surface area contributed by atoms with Gasteiger partial charge in [-0.15, -0.1) is 0 Å². The molecule has 5 rings (SSSR count). The Bertz CT molecular complexity index is 1630. The number of carbonyl (C=O) groups excluding carboxylic acids is 2. The molecule has 42 heavy (non-hydrogen) atoms. The smallest absolute Gasteiger partial charge is 0.339 e. The molecule has 0 bridgehead atoms. The Kier molecular flexibility index (Phi) is 9.04. The number of anilines is 1. The van der Waals surface area contributed by atoms with E-state index in [9.17, 15) is 26.4 Å². The molecule has 1 atom stereocenters. The first-order valence-corrected chi connectivity index (χ1v) is 16.4. The van der Waals surface area contributed by atoms with Crippen molar-refractivity contribution in [2.75, 3.05) is 44.7 Å². The van der Waals surface area contributed by atoms with E-state index in [2.05, 4.69) is 5.32 Å². The predicted octanol–water partition coefficient (Wildman–Crippen LogP) is 3.03. The van der Waals surface area contributed by atoms with Gasteiger partial charge in [0.25, 0.3) is 5.91 Å². The summed E-state index contributed by atoms with van der Waals surface area (Å²) in [7, 11) is -7.45. The monoisotopic (exact) mass is 613 g/mol. The van der Waals surface area contributed by atoms with Crippen LogP contribution in [-0.4, -0.2) is 76.7 Å². The number of amides is 1. The molecule has 2 aliphatic rings. The second-order valence-electron chi connectivity index (χ2n) is 9.87. The van der Waals surface area contributed by atoms with Gasteiger partial charge in [0.2, 0.25) is 26.2 Å². The number of nitrogens with one attached hydrogen (secondary N) is 1. The number of ether oxygens (including phenoxy) is 2. The van der Waals surface area contributed by atoms with Gasteiger partial charge in [-0.05, 0) is 55.3 Å². The van der Waals surface area contributed by atoms with Gasteiger partial charge in [-0.1, -0.05) is 36.4 Å². The summed E-state index contributed by atoms with van der Waals surface area (Å²) in [6, 6.07) is 19.7. The maximum atomic E-state index is 13.4. The Hall–Kier alpha value is -3.62. The zero-order valence-electron chi connectivity index (χ0n) is 22.7. The van der Waals surface area contributed by atoms with Crippen molar-refractivity contribution in [2.45, 2.75) is 28.7 Å². The number of carbonyl (C=O) groups is 2. The molecule has 222 valence electrons. The largest absolute Gasteiger partial charge is 0.444 e. The summed E-state index contributed by atoms with van der Waals surface area (Å²) >= 11 is 0. The van der Waals surface area contributed by atoms with E-state index in [4.69, 9.17) is 9.47 Å². The molecule has 0 spiro atoms. The number of esters is 1. The van der Waals surface area contributed by atoms with Crippen LogP contribution in [0.3, 0.4) is 0 Å². The third kappa shape index (κ3) is 6.55. The minimum Gasteiger partial charge on any atom is -0.444 e. The third-order valence-electron chi connectivity index (χ3n) is 7.07. The van der Waals surface area contributed by atoms with Gasteiger partial charge in [-0.25, -0.2) is 21.6 Å². The number of benzene rings is 3. The van der Waals surface area contributed by atoms with E-state index in [1.807, 2.05) is 0 Å². The number of morpholine rings is 1. The van der Waals surface area contributed by atoms with Crippen molar-refractivity contribution in [1.29, 1.82) is 0 Å². The quantitative estimate of drug-likeness (QED) is 0.364. The molecule has 2 aliphatic heterocycles. The fourth-order valence-corrected chi connectivity index (χ4v) is 7.77. The van der Waals surface area contributed by atoms with E-state index in [1.54, 1.807) is 36.4 Å². The fourth-order valence-electron chi connectivity index (χ4n) is 4.79. The lowest BCUT2D eigenvalue weighted by atomic mass is 10.1. The van der Waals surface area contributed by atoms with Crippen molar-refractivity contribution < 1.29 is 35.9 Å². The van der Waals surface area contributed by atoms with Crippen LogP contribution in [0.25, 0.3) is 0 Å². The maximum absolute atomic E-state index is 13.4. The number of sulfonamides is 2. The molecule has 0 aliphatic carbocycles. The van der Waals surface area contributed by atoms with Crippen molar-refractivity contribution in [3.8, 4) is 0 Å². The van der Waals surface area contributed by atoms with Crippen LogP contribution < -0.4 is 5.32 Å². The minimum atomic E-state index is -3.80. The topological polar surface area (TPSA) is 139 Å². The van der Waals surface area contributed by atoms with Crippen LogP contribution in [0.4, 0.5) is 5.69 Å². The summed E-state index contributed by atoms with van der Waals surface area (Å²) in [5.41, 5.74) is 0.680. The highest BCUT2D eigenvalue weighted by Crippen LogP contribution is 2.26. The molecule has 2 fully saturated rings. The zero-order chi connectivity index (χ0) is 29.7. The van der Waals surface area contributed by atoms with Gasteiger partial charge >= 0.3 is 5.97 Å². The average Bonchev–Trinajstić information content (AvgIpc) is 3.57. The van der Waals surface area contributed by atoms with Gasteiger partial charge in [0, 0.05) is 37.4 Å². The van der Waals surface area contributed by atoms with Gasteiger partial charge in [-0.2, -0.15) is 8.61 Å². The molecule has 0 radical (unpaired) electrons. The van der Waals surface area contributed by atoms with Crippen molar-refractivity contribution in [1.82, 2.24) is 8.61 Å². The van der Waals surface area contributed by atoms with E-state index in [0.717, 1.165) is 12.8 Å². The summed E-state index contributed by atoms with van der Waals surface area (Å²) in [6.07, 6.45) is 0.243. The Morgan fingerprint density at radius 3 is 2.02 bits per heavy atom. The fraction of sp³-hybridized carbons (Fsp3) is 0.310. The first-order valence-electron chi connectivity index (χ1n) is 13.5. The highest BCUT2D eigenvalue weighted by molar-refractivity contribution is 7.89. The highest BCUT2D eigenvalue weighted by atomic mass is 32.2. The van der Waals surface area contributed by atoms with Gasteiger partial charge < -0.3 is 14.8 Å². The summed E-state index contributed by atoms with van der Waals surface area (Å²) in [6.45, 7) is 1.99. The number of hydrogen-bond donors (Lipinski definition) is 1. The van der Waals surface area contributed by atoms with Crippen LogP contribution in [-0.2, 0) is 34.3 Å². The van der Waals surface area contributed by atoms with Gasteiger partial charge in [0.05, 0.1) is 28.6 Å². The van der Waals surface area contributed by atoms with E-state index >= 15 is 0 Å². The van der Waals surface area contributed by atoms with Gasteiger partial charge in [-0.3, -0.25) is 4.79 Å². The number of hydrogen-bond acceptors (Lipinski definition) is 8. The first kappa shape index (κ1) is 29.9. The summed E-state index contributed by atoms with van der Waals surface area (Å²) in [5, 5.41) is 2.66. The Morgan fingerprint density at radius 2 is 1.36 bits per heavy atom. The first-order chi connectivity index (χ1) is 20.2. The predicted molar refractivity (Wildman–Crippen MR) is 154 cm³/mol. The number of nitrogens with zero attached hydrogens (tertiary/aromatic N) is 2. The second kappa shape index (κ2) is 12.7. The van der Waals surface area contributed by atoms with Crippen molar-refractivity contribution in [2.24, 2.45) is 0 Å². The van der Waals surface area contributed by atoms with E-state index < -0.39 is 38.0 Å². The summed E-state index contributed by atoms with van der Waals surface area (Å²) in [4.78, 5) is 26.6. The van der Waals surface area contributed by atoms with Gasteiger partial charge in [0.1, 0.15) is 0 Å². The van der Waals surface area contributed by atoms with E-state index in [-0.39, 0.29) is 34.1 Å². The lowest BCUT2D eigenvalue weighted by Gasteiger charge is -2.26. The normalized spacial score (nSPS) is 17.4. The zero-order valence-corrected chi connectivity index (χ0v) is 24.3. The van der Waals surface area contributed by atoms with Gasteiger partial charge in [0.15, 0.2) is 0 Å². The molecule has 3 aromatic rings. The van der Waals surface area contributed by atoms with Crippen LogP contribution in [0.1, 0.15) is 34.9 Å². The van der Waals surface area contributed by atoms with E-state index in [1.165, 1.54) is 51.1 Å². The van der Waals surface area contributed by atoms with Crippen LogP contribution in [0, 0.1) is 0 Å². The summed E-state index contributed by atoms with van der Waals surface area (Å²) in [5.74, 6) is -1.52. The lowest BCUT2D eigenvalue weighted by Crippen LogP contribution is -2.40. The molecular formula is C29H31N3O8S2. The van der Waals surface area contributed by atoms with E-state index in [0.29, 0.717) is 31.9 Å². The highest BCUT2D eigenvalue weighted by Gasteiger charge is 2.30. The minimum absolute atomic E-state index is 0.0134. The molecule has 2 saturated heterocycles. The Morgan fingerprint density at radius 1 is 0.738 bits per heavy atom. The van der Waals surface area contributed by atoms with Crippen LogP contribution in [0.2, 0.25) is 0 Å². The summed E-state index contributed by atoms with van der Waals surface area (Å²) < 4.78 is 65.5. The standard InChI is InChI=1S/C29H31N3O8S2/c33-28(30-24-9-6-10-26(21-24)42(37,38)32-17-19-39-20-18-32)27(22-7-2-1-3-8-22)40-29(34)23-11-13-25(14-12-23)41(35,36)31-15-4-5-16-31/h1-3,6-14,21,27H,4-5,15-20H2,(H,30,33)/t27-/m1/s1. The lowest BCUT2D eigenvalue weighted by molar-refractivity contribution is -0.125. The second-order valence-corrected chi connectivity index (χ2v) is 13.7. The molecule has 1 N–H and O–H groups in total. The molecular weight excluding hydrogens is 582 g/mol. The van der Waals surface area contributed by atoms with Crippen LogP contribution in [0.5, 0.6) is 0 Å². The Labute approximate surface area is 245 Å². The number of rotatable bonds is 9. The average molecular weight is 614 g/mol. The van der Waals surface area contributed by atoms with Crippen molar-refractivity contribution in [3.05, 3.63) is 90.0 Å². The van der Waals surface area contributed by atoms with Crippen LogP contribution in [0.15, 0.2) is 88.7 Å². The molecule has 1 amide bonds. The van der Waals surface area contributed by atoms with Crippen LogP contribution >= 0.6 is 0 Å². The Balaban J connectivity index is 1.33.